The molecule has 0 rings (SSSR count). The van der Waals surface area contributed by atoms with Gasteiger partial charge in [-0.3, -0.25) is 4.79 Å². The highest BCUT2D eigenvalue weighted by molar-refractivity contribution is 6.83. The Morgan fingerprint density at radius 3 is 2.47 bits per heavy atom. The van der Waals surface area contributed by atoms with Gasteiger partial charge in [-0.05, 0) is 12.8 Å². The number of carbonyl (C=O) groups excluding carboxylic acids is 1. The van der Waals surface area contributed by atoms with Crippen LogP contribution in [0.5, 0.6) is 0 Å². The molecule has 0 aliphatic carbocycles. The van der Waals surface area contributed by atoms with E-state index >= 15 is 0 Å². The number of ether oxygens (including phenoxy) is 1. The van der Waals surface area contributed by atoms with Crippen molar-refractivity contribution in [2.45, 2.75) is 46.3 Å². The van der Waals surface area contributed by atoms with E-state index in [1.54, 1.807) is 0 Å². The Morgan fingerprint density at radius 2 is 2.00 bits per heavy atom. The second-order valence-corrected chi connectivity index (χ2v) is 9.62. The number of rotatable bonds is 4. The van der Waals surface area contributed by atoms with Gasteiger partial charge in [0.05, 0.1) is 6.61 Å². The summed E-state index contributed by atoms with van der Waals surface area (Å²) in [4.78, 5) is 11.2. The number of esters is 1. The first-order chi connectivity index (χ1) is 6.85. The van der Waals surface area contributed by atoms with Crippen LogP contribution in [-0.2, 0) is 9.53 Å². The maximum Gasteiger partial charge on any atom is 0.306 e. The van der Waals surface area contributed by atoms with E-state index in [1.165, 1.54) is 0 Å². The molecule has 86 valence electrons. The third-order valence-electron chi connectivity index (χ3n) is 1.73. The summed E-state index contributed by atoms with van der Waals surface area (Å²) in [6.45, 7) is 11.0. The molecular formula is C12H22O2Si. The van der Waals surface area contributed by atoms with Gasteiger partial charge in [0.1, 0.15) is 8.07 Å². The summed E-state index contributed by atoms with van der Waals surface area (Å²) in [6.07, 6.45) is 1.28. The van der Waals surface area contributed by atoms with Gasteiger partial charge in [-0.1, -0.05) is 26.6 Å². The molecule has 0 radical (unpaired) electrons. The summed E-state index contributed by atoms with van der Waals surface area (Å²) >= 11 is 0. The van der Waals surface area contributed by atoms with Gasteiger partial charge < -0.3 is 4.74 Å². The highest BCUT2D eigenvalue weighted by Gasteiger charge is 2.10. The van der Waals surface area contributed by atoms with Gasteiger partial charge in [-0.15, -0.1) is 11.5 Å². The number of carbonyl (C=O) groups is 1. The molecule has 0 aliphatic rings. The molecule has 0 saturated heterocycles. The van der Waals surface area contributed by atoms with Crippen LogP contribution in [-0.4, -0.2) is 20.7 Å². The van der Waals surface area contributed by atoms with Crippen molar-refractivity contribution in [3.8, 4) is 11.5 Å². The molecule has 0 aromatic carbocycles. The van der Waals surface area contributed by atoms with Gasteiger partial charge in [-0.2, -0.15) is 0 Å². The van der Waals surface area contributed by atoms with Crippen molar-refractivity contribution in [3.05, 3.63) is 0 Å². The zero-order chi connectivity index (χ0) is 11.9. The summed E-state index contributed by atoms with van der Waals surface area (Å²) in [5, 5.41) is 0. The van der Waals surface area contributed by atoms with Gasteiger partial charge in [0.2, 0.25) is 0 Å². The Labute approximate surface area is 94.4 Å². The Bertz CT molecular complexity index is 255. The topological polar surface area (TPSA) is 26.3 Å². The summed E-state index contributed by atoms with van der Waals surface area (Å²) in [6, 6.07) is 0. The van der Waals surface area contributed by atoms with Crippen LogP contribution in [0.4, 0.5) is 0 Å². The minimum absolute atomic E-state index is 0.111. The third kappa shape index (κ3) is 9.55. The standard InChI is InChI=1S/C12H22O2Si/c1-6-14-12(13)10-11(2)8-7-9-15(3,4)5/h11H,6,8,10H2,1-5H3/t11-/m0/s1. The fourth-order valence-corrected chi connectivity index (χ4v) is 1.70. The molecule has 0 aromatic rings. The van der Waals surface area contributed by atoms with Crippen LogP contribution in [0.1, 0.15) is 26.7 Å². The second-order valence-electron chi connectivity index (χ2n) is 4.87. The molecule has 1 atom stereocenters. The molecule has 0 amide bonds. The van der Waals surface area contributed by atoms with Crippen LogP contribution in [0.2, 0.25) is 19.6 Å². The van der Waals surface area contributed by atoms with Crippen molar-refractivity contribution in [2.75, 3.05) is 6.61 Å². The van der Waals surface area contributed by atoms with E-state index < -0.39 is 8.07 Å². The van der Waals surface area contributed by atoms with Crippen molar-refractivity contribution >= 4 is 14.0 Å². The largest absolute Gasteiger partial charge is 0.466 e. The molecule has 0 fully saturated rings. The van der Waals surface area contributed by atoms with E-state index in [0.29, 0.717) is 18.9 Å². The van der Waals surface area contributed by atoms with E-state index in [9.17, 15) is 4.79 Å². The van der Waals surface area contributed by atoms with Gasteiger partial charge in [0.25, 0.3) is 0 Å². The SMILES string of the molecule is CCOC(=O)C[C@@H](C)CC#C[Si](C)(C)C. The minimum Gasteiger partial charge on any atom is -0.466 e. The Kier molecular flexibility index (Phi) is 6.34. The maximum atomic E-state index is 11.2. The lowest BCUT2D eigenvalue weighted by molar-refractivity contribution is -0.144. The Hall–Kier alpha value is -0.753. The van der Waals surface area contributed by atoms with E-state index in [0.717, 1.165) is 6.42 Å². The Balaban J connectivity index is 3.88. The van der Waals surface area contributed by atoms with Crippen LogP contribution >= 0.6 is 0 Å². The average Bonchev–Trinajstić information content (AvgIpc) is 2.01. The average molecular weight is 226 g/mol. The van der Waals surface area contributed by atoms with Gasteiger partial charge in [0.15, 0.2) is 0 Å². The smallest absolute Gasteiger partial charge is 0.306 e. The van der Waals surface area contributed by atoms with Crippen LogP contribution in [0.15, 0.2) is 0 Å². The summed E-state index contributed by atoms with van der Waals surface area (Å²) < 4.78 is 4.88. The van der Waals surface area contributed by atoms with Gasteiger partial charge in [0, 0.05) is 12.8 Å². The van der Waals surface area contributed by atoms with Crippen LogP contribution in [0, 0.1) is 17.4 Å². The molecule has 0 aromatic heterocycles. The lowest BCUT2D eigenvalue weighted by atomic mass is 10.1. The maximum absolute atomic E-state index is 11.2. The molecule has 0 unspecified atom stereocenters. The van der Waals surface area contributed by atoms with Crippen LogP contribution in [0.25, 0.3) is 0 Å². The summed E-state index contributed by atoms with van der Waals surface area (Å²) in [5.74, 6) is 3.36. The summed E-state index contributed by atoms with van der Waals surface area (Å²) in [7, 11) is -1.26. The van der Waals surface area contributed by atoms with Crippen molar-refractivity contribution in [1.82, 2.24) is 0 Å². The van der Waals surface area contributed by atoms with Crippen molar-refractivity contribution < 1.29 is 9.53 Å². The first kappa shape index (κ1) is 14.2. The molecule has 0 bridgehead atoms. The molecule has 3 heteroatoms. The predicted octanol–water partition coefficient (Wildman–Crippen LogP) is 2.85. The van der Waals surface area contributed by atoms with Gasteiger partial charge >= 0.3 is 5.97 Å². The number of hydrogen-bond donors (Lipinski definition) is 0. The Morgan fingerprint density at radius 1 is 1.40 bits per heavy atom. The molecule has 0 aliphatic heterocycles. The molecule has 2 nitrogen and oxygen atoms in total. The predicted molar refractivity (Wildman–Crippen MR) is 66.2 cm³/mol. The minimum atomic E-state index is -1.26. The highest BCUT2D eigenvalue weighted by atomic mass is 28.3. The zero-order valence-corrected chi connectivity index (χ0v) is 11.5. The number of hydrogen-bond acceptors (Lipinski definition) is 2. The quantitative estimate of drug-likeness (QED) is 0.418. The lowest BCUT2D eigenvalue weighted by Crippen LogP contribution is -2.16. The molecule has 0 heterocycles. The molecule has 15 heavy (non-hydrogen) atoms. The van der Waals surface area contributed by atoms with E-state index in [2.05, 4.69) is 31.1 Å². The fraction of sp³-hybridized carbons (Fsp3) is 0.750. The van der Waals surface area contributed by atoms with Crippen molar-refractivity contribution in [3.63, 3.8) is 0 Å². The van der Waals surface area contributed by atoms with Crippen molar-refractivity contribution in [1.29, 1.82) is 0 Å². The van der Waals surface area contributed by atoms with Crippen LogP contribution < -0.4 is 0 Å². The van der Waals surface area contributed by atoms with E-state index in [1.807, 2.05) is 13.8 Å². The van der Waals surface area contributed by atoms with Gasteiger partial charge in [-0.25, -0.2) is 0 Å². The first-order valence-electron chi connectivity index (χ1n) is 5.50. The summed E-state index contributed by atoms with van der Waals surface area (Å²) in [5.41, 5.74) is 3.29. The molecule has 0 N–H and O–H groups in total. The molecule has 0 saturated carbocycles. The highest BCUT2D eigenvalue weighted by Crippen LogP contribution is 2.08. The fourth-order valence-electron chi connectivity index (χ4n) is 1.07. The zero-order valence-electron chi connectivity index (χ0n) is 10.5. The lowest BCUT2D eigenvalue weighted by Gasteiger charge is -2.07. The van der Waals surface area contributed by atoms with E-state index in [4.69, 9.17) is 4.74 Å². The molecule has 0 spiro atoms. The monoisotopic (exact) mass is 226 g/mol. The van der Waals surface area contributed by atoms with E-state index in [-0.39, 0.29) is 5.97 Å². The first-order valence-corrected chi connectivity index (χ1v) is 9.00. The second kappa shape index (κ2) is 6.68. The van der Waals surface area contributed by atoms with Crippen molar-refractivity contribution in [2.24, 2.45) is 5.92 Å². The molecular weight excluding hydrogens is 204 g/mol. The van der Waals surface area contributed by atoms with Crippen LogP contribution in [0.3, 0.4) is 0 Å². The normalized spacial score (nSPS) is 12.6. The third-order valence-corrected chi connectivity index (χ3v) is 2.66.